The van der Waals surface area contributed by atoms with Gasteiger partial charge in [-0.05, 0) is 55.6 Å². The van der Waals surface area contributed by atoms with Crippen LogP contribution in [0.1, 0.15) is 25.3 Å². The smallest absolute Gasteiger partial charge is 0.319 e. The molecule has 0 bridgehead atoms. The van der Waals surface area contributed by atoms with Crippen LogP contribution in [0.2, 0.25) is 0 Å². The first-order chi connectivity index (χ1) is 9.61. The third kappa shape index (κ3) is 3.97. The number of nitrogens with zero attached hydrogens (tertiary/aromatic N) is 1. The second-order valence-electron chi connectivity index (χ2n) is 5.56. The Morgan fingerprint density at radius 2 is 2.00 bits per heavy atom. The molecule has 0 unspecified atom stereocenters. The van der Waals surface area contributed by atoms with Gasteiger partial charge in [-0.1, -0.05) is 6.92 Å². The first-order valence-corrected chi connectivity index (χ1v) is 6.87. The van der Waals surface area contributed by atoms with Crippen molar-refractivity contribution in [1.29, 1.82) is 5.26 Å². The standard InChI is InChI=1S/C15H20N4O/c1-15(6-8-17-9-7-15)11-18-14(20)19-13-4-2-12(10-16)3-5-13/h2-5,17H,6-9,11H2,1H3,(H2,18,19,20). The molecule has 1 aromatic carbocycles. The van der Waals surface area contributed by atoms with Crippen LogP contribution in [0.3, 0.4) is 0 Å². The zero-order valence-electron chi connectivity index (χ0n) is 11.7. The van der Waals surface area contributed by atoms with Crippen molar-refractivity contribution in [1.82, 2.24) is 10.6 Å². The molecule has 1 aliphatic heterocycles. The lowest BCUT2D eigenvalue weighted by Gasteiger charge is -2.34. The molecule has 0 aromatic heterocycles. The molecular weight excluding hydrogens is 252 g/mol. The second kappa shape index (κ2) is 6.40. The highest BCUT2D eigenvalue weighted by molar-refractivity contribution is 5.89. The van der Waals surface area contributed by atoms with E-state index < -0.39 is 0 Å². The average molecular weight is 272 g/mol. The fraction of sp³-hybridized carbons (Fsp3) is 0.467. The number of nitrogens with one attached hydrogen (secondary N) is 3. The Bertz CT molecular complexity index is 498. The van der Waals surface area contributed by atoms with Crippen LogP contribution in [0, 0.1) is 16.7 Å². The predicted octanol–water partition coefficient (Wildman–Crippen LogP) is 2.07. The summed E-state index contributed by atoms with van der Waals surface area (Å²) in [6.45, 7) is 4.90. The van der Waals surface area contributed by atoms with Crippen molar-refractivity contribution >= 4 is 11.7 Å². The Balaban J connectivity index is 1.81. The Kier molecular flexibility index (Phi) is 4.59. The maximum atomic E-state index is 11.8. The summed E-state index contributed by atoms with van der Waals surface area (Å²) >= 11 is 0. The molecule has 106 valence electrons. The number of rotatable bonds is 3. The van der Waals surface area contributed by atoms with E-state index in [9.17, 15) is 4.79 Å². The van der Waals surface area contributed by atoms with Gasteiger partial charge >= 0.3 is 6.03 Å². The van der Waals surface area contributed by atoms with Crippen molar-refractivity contribution in [3.63, 3.8) is 0 Å². The van der Waals surface area contributed by atoms with E-state index in [1.54, 1.807) is 24.3 Å². The Hall–Kier alpha value is -2.06. The number of carbonyl (C=O) groups excluding carboxylic acids is 1. The number of amides is 2. The zero-order valence-corrected chi connectivity index (χ0v) is 11.7. The molecule has 5 heteroatoms. The fourth-order valence-corrected chi connectivity index (χ4v) is 2.30. The van der Waals surface area contributed by atoms with Gasteiger partial charge in [0.05, 0.1) is 11.6 Å². The van der Waals surface area contributed by atoms with Crippen molar-refractivity contribution in [2.24, 2.45) is 5.41 Å². The van der Waals surface area contributed by atoms with E-state index in [2.05, 4.69) is 22.9 Å². The summed E-state index contributed by atoms with van der Waals surface area (Å²) in [7, 11) is 0. The number of anilines is 1. The SMILES string of the molecule is CC1(CNC(=O)Nc2ccc(C#N)cc2)CCNCC1. The van der Waals surface area contributed by atoms with Gasteiger partial charge in [0.25, 0.3) is 0 Å². The van der Waals surface area contributed by atoms with E-state index in [4.69, 9.17) is 5.26 Å². The molecule has 5 nitrogen and oxygen atoms in total. The molecule has 0 saturated carbocycles. The topological polar surface area (TPSA) is 77.0 Å². The number of carbonyl (C=O) groups is 1. The van der Waals surface area contributed by atoms with Gasteiger partial charge in [-0.2, -0.15) is 5.26 Å². The third-order valence-electron chi connectivity index (χ3n) is 3.76. The van der Waals surface area contributed by atoms with Crippen molar-refractivity contribution in [2.45, 2.75) is 19.8 Å². The molecule has 0 aliphatic carbocycles. The summed E-state index contributed by atoms with van der Waals surface area (Å²) < 4.78 is 0. The molecule has 1 aromatic rings. The number of nitriles is 1. The summed E-state index contributed by atoms with van der Waals surface area (Å²) in [6, 6.07) is 8.67. The molecule has 2 amide bonds. The zero-order chi connectivity index (χ0) is 14.4. The van der Waals surface area contributed by atoms with Crippen LogP contribution in [0.25, 0.3) is 0 Å². The van der Waals surface area contributed by atoms with Crippen LogP contribution in [-0.4, -0.2) is 25.7 Å². The van der Waals surface area contributed by atoms with Gasteiger partial charge in [0.15, 0.2) is 0 Å². The summed E-state index contributed by atoms with van der Waals surface area (Å²) in [6.07, 6.45) is 2.15. The van der Waals surface area contributed by atoms with Crippen LogP contribution in [0.5, 0.6) is 0 Å². The Labute approximate surface area is 119 Å². The van der Waals surface area contributed by atoms with E-state index in [1.807, 2.05) is 6.07 Å². The minimum atomic E-state index is -0.200. The molecule has 0 spiro atoms. The molecule has 0 radical (unpaired) electrons. The van der Waals surface area contributed by atoms with Gasteiger partial charge in [0.2, 0.25) is 0 Å². The fourth-order valence-electron chi connectivity index (χ4n) is 2.30. The molecule has 0 atom stereocenters. The van der Waals surface area contributed by atoms with Crippen molar-refractivity contribution in [3.8, 4) is 6.07 Å². The minimum Gasteiger partial charge on any atom is -0.337 e. The molecule has 2 rings (SSSR count). The third-order valence-corrected chi connectivity index (χ3v) is 3.76. The maximum absolute atomic E-state index is 11.8. The number of hydrogen-bond donors (Lipinski definition) is 3. The van der Waals surface area contributed by atoms with E-state index in [1.165, 1.54) is 0 Å². The number of benzene rings is 1. The van der Waals surface area contributed by atoms with Gasteiger partial charge in [0.1, 0.15) is 0 Å². The molecule has 3 N–H and O–H groups in total. The largest absolute Gasteiger partial charge is 0.337 e. The number of hydrogen-bond acceptors (Lipinski definition) is 3. The van der Waals surface area contributed by atoms with Gasteiger partial charge in [-0.3, -0.25) is 0 Å². The van der Waals surface area contributed by atoms with E-state index >= 15 is 0 Å². The molecule has 1 heterocycles. The maximum Gasteiger partial charge on any atom is 0.319 e. The van der Waals surface area contributed by atoms with Crippen LogP contribution in [0.4, 0.5) is 10.5 Å². The Morgan fingerprint density at radius 1 is 1.35 bits per heavy atom. The van der Waals surface area contributed by atoms with Gasteiger partial charge < -0.3 is 16.0 Å². The highest BCUT2D eigenvalue weighted by atomic mass is 16.2. The molecule has 20 heavy (non-hydrogen) atoms. The van der Waals surface area contributed by atoms with E-state index in [0.717, 1.165) is 25.9 Å². The lowest BCUT2D eigenvalue weighted by molar-refractivity contribution is 0.213. The first kappa shape index (κ1) is 14.4. The highest BCUT2D eigenvalue weighted by Crippen LogP contribution is 2.26. The van der Waals surface area contributed by atoms with E-state index in [0.29, 0.717) is 17.8 Å². The quantitative estimate of drug-likeness (QED) is 0.788. The normalized spacial score (nSPS) is 17.0. The van der Waals surface area contributed by atoms with Crippen molar-refractivity contribution < 1.29 is 4.79 Å². The van der Waals surface area contributed by atoms with Crippen molar-refractivity contribution in [2.75, 3.05) is 25.0 Å². The molecule has 1 saturated heterocycles. The number of urea groups is 1. The second-order valence-corrected chi connectivity index (χ2v) is 5.56. The lowest BCUT2D eigenvalue weighted by atomic mass is 9.81. The predicted molar refractivity (Wildman–Crippen MR) is 78.4 cm³/mol. The molecular formula is C15H20N4O. The van der Waals surface area contributed by atoms with Crippen LogP contribution in [0.15, 0.2) is 24.3 Å². The van der Waals surface area contributed by atoms with Gasteiger partial charge in [0, 0.05) is 12.2 Å². The molecule has 1 aliphatic rings. The van der Waals surface area contributed by atoms with Crippen molar-refractivity contribution in [3.05, 3.63) is 29.8 Å². The summed E-state index contributed by atoms with van der Waals surface area (Å²) in [5.41, 5.74) is 1.45. The summed E-state index contributed by atoms with van der Waals surface area (Å²) in [4.78, 5) is 11.8. The first-order valence-electron chi connectivity index (χ1n) is 6.87. The monoisotopic (exact) mass is 272 g/mol. The minimum absolute atomic E-state index is 0.174. The van der Waals surface area contributed by atoms with Gasteiger partial charge in [-0.15, -0.1) is 0 Å². The highest BCUT2D eigenvalue weighted by Gasteiger charge is 2.26. The molecule has 1 fully saturated rings. The van der Waals surface area contributed by atoms with Gasteiger partial charge in [-0.25, -0.2) is 4.79 Å². The number of piperidine rings is 1. The summed E-state index contributed by atoms with van der Waals surface area (Å²) in [5.74, 6) is 0. The van der Waals surface area contributed by atoms with Crippen LogP contribution >= 0.6 is 0 Å². The lowest BCUT2D eigenvalue weighted by Crippen LogP contribution is -2.43. The van der Waals surface area contributed by atoms with E-state index in [-0.39, 0.29) is 11.4 Å². The van der Waals surface area contributed by atoms with Crippen LogP contribution in [-0.2, 0) is 0 Å². The summed E-state index contributed by atoms with van der Waals surface area (Å²) in [5, 5.41) is 17.7. The van der Waals surface area contributed by atoms with Crippen LogP contribution < -0.4 is 16.0 Å². The Morgan fingerprint density at radius 3 is 2.60 bits per heavy atom. The average Bonchev–Trinajstić information content (AvgIpc) is 2.47.